The third-order valence-corrected chi connectivity index (χ3v) is 4.61. The first kappa shape index (κ1) is 21.5. The van der Waals surface area contributed by atoms with Gasteiger partial charge in [0.2, 0.25) is 0 Å². The Morgan fingerprint density at radius 3 is 2.37 bits per heavy atom. The average Bonchev–Trinajstić information content (AvgIpc) is 2.71. The molecule has 0 spiro atoms. The molecule has 30 heavy (non-hydrogen) atoms. The van der Waals surface area contributed by atoms with Gasteiger partial charge in [-0.3, -0.25) is 14.6 Å². The van der Waals surface area contributed by atoms with Crippen LogP contribution in [-0.2, 0) is 4.57 Å². The number of carbonyl (C=O) groups excluding carboxylic acids is 1. The van der Waals surface area contributed by atoms with Gasteiger partial charge in [0, 0.05) is 5.56 Å². The Kier molecular flexibility index (Phi) is 6.47. The minimum atomic E-state index is -4.78. The van der Waals surface area contributed by atoms with E-state index in [1.165, 1.54) is 43.5 Å². The fourth-order valence-electron chi connectivity index (χ4n) is 2.84. The van der Waals surface area contributed by atoms with Crippen LogP contribution < -0.4 is 9.26 Å². The van der Waals surface area contributed by atoms with Crippen molar-refractivity contribution < 1.29 is 32.8 Å². The van der Waals surface area contributed by atoms with E-state index in [9.17, 15) is 13.8 Å². The smallest absolute Gasteiger partial charge is 0.493 e. The van der Waals surface area contributed by atoms with E-state index in [0.717, 1.165) is 0 Å². The number of allylic oxidation sites excluding steroid dienone is 1. The summed E-state index contributed by atoms with van der Waals surface area (Å²) in [5.41, 5.74) is 2.27. The second-order valence-corrected chi connectivity index (χ2v) is 7.41. The summed E-state index contributed by atoms with van der Waals surface area (Å²) in [6.45, 7) is 0. The lowest BCUT2D eigenvalue weighted by atomic mass is 9.96. The molecule has 8 heteroatoms. The molecule has 0 fully saturated rings. The van der Waals surface area contributed by atoms with Crippen LogP contribution in [0, 0.1) is 5.82 Å². The first-order chi connectivity index (χ1) is 14.3. The summed E-state index contributed by atoms with van der Waals surface area (Å²) in [7, 11) is -3.43. The highest BCUT2D eigenvalue weighted by molar-refractivity contribution is 7.46. The first-order valence-electron chi connectivity index (χ1n) is 8.77. The van der Waals surface area contributed by atoms with Gasteiger partial charge >= 0.3 is 7.82 Å². The molecule has 2 N–H and O–H groups in total. The Balaban J connectivity index is 1.89. The molecular formula is C22H18FO6P. The van der Waals surface area contributed by atoms with Crippen LogP contribution in [0.4, 0.5) is 4.39 Å². The minimum Gasteiger partial charge on any atom is -0.493 e. The van der Waals surface area contributed by atoms with E-state index in [2.05, 4.69) is 4.52 Å². The molecule has 0 bridgehead atoms. The van der Waals surface area contributed by atoms with Gasteiger partial charge in [0.05, 0.1) is 7.11 Å². The van der Waals surface area contributed by atoms with Crippen LogP contribution in [0.2, 0.25) is 0 Å². The lowest BCUT2D eigenvalue weighted by Crippen LogP contribution is -1.98. The molecule has 0 aliphatic carbocycles. The van der Waals surface area contributed by atoms with Crippen LogP contribution in [0.25, 0.3) is 17.2 Å². The minimum absolute atomic E-state index is 0.142. The van der Waals surface area contributed by atoms with Gasteiger partial charge in [-0.1, -0.05) is 48.5 Å². The molecule has 0 saturated heterocycles. The van der Waals surface area contributed by atoms with E-state index in [-0.39, 0.29) is 23.1 Å². The highest BCUT2D eigenvalue weighted by Crippen LogP contribution is 2.42. The van der Waals surface area contributed by atoms with Crippen LogP contribution >= 0.6 is 7.82 Å². The van der Waals surface area contributed by atoms with E-state index in [1.54, 1.807) is 42.5 Å². The number of phosphoric ester groups is 1. The van der Waals surface area contributed by atoms with Crippen LogP contribution in [0.3, 0.4) is 0 Å². The molecule has 0 unspecified atom stereocenters. The van der Waals surface area contributed by atoms with Gasteiger partial charge in [-0.05, 0) is 47.0 Å². The lowest BCUT2D eigenvalue weighted by Gasteiger charge is -2.11. The second kappa shape index (κ2) is 9.05. The summed E-state index contributed by atoms with van der Waals surface area (Å²) < 4.78 is 34.0. The van der Waals surface area contributed by atoms with Gasteiger partial charge in [-0.15, -0.1) is 0 Å². The van der Waals surface area contributed by atoms with Crippen molar-refractivity contribution in [2.45, 2.75) is 0 Å². The normalized spacial score (nSPS) is 11.5. The maximum Gasteiger partial charge on any atom is 0.524 e. The van der Waals surface area contributed by atoms with Crippen molar-refractivity contribution in [3.8, 4) is 22.6 Å². The Morgan fingerprint density at radius 1 is 1.00 bits per heavy atom. The van der Waals surface area contributed by atoms with Crippen LogP contribution in [-0.4, -0.2) is 22.7 Å². The third-order valence-electron chi connectivity index (χ3n) is 4.18. The summed E-state index contributed by atoms with van der Waals surface area (Å²) in [4.78, 5) is 30.9. The van der Waals surface area contributed by atoms with E-state index in [4.69, 9.17) is 14.5 Å². The van der Waals surface area contributed by atoms with Crippen LogP contribution in [0.5, 0.6) is 11.5 Å². The maximum absolute atomic E-state index is 13.2. The highest BCUT2D eigenvalue weighted by Gasteiger charge is 2.19. The predicted octanol–water partition coefficient (Wildman–Crippen LogP) is 4.87. The summed E-state index contributed by atoms with van der Waals surface area (Å²) >= 11 is 0. The van der Waals surface area contributed by atoms with Crippen molar-refractivity contribution in [3.05, 3.63) is 89.8 Å². The van der Waals surface area contributed by atoms with Gasteiger partial charge in [0.25, 0.3) is 0 Å². The fourth-order valence-corrected chi connectivity index (χ4v) is 3.24. The molecule has 3 aromatic carbocycles. The van der Waals surface area contributed by atoms with Crippen LogP contribution in [0.1, 0.15) is 15.9 Å². The standard InChI is InChI=1S/C22H18FO6P/c1-28-21-13-7-15(14-22(21)29-30(25,26)27)6-12-20(24)19-5-3-2-4-18(19)16-8-10-17(23)11-9-16/h2-14H,1H3,(H2,25,26,27)/b12-6+. The average molecular weight is 428 g/mol. The summed E-state index contributed by atoms with van der Waals surface area (Å²) in [6.07, 6.45) is 2.83. The summed E-state index contributed by atoms with van der Waals surface area (Å²) in [5.74, 6) is -0.658. The molecule has 0 amide bonds. The van der Waals surface area contributed by atoms with Gasteiger partial charge in [0.15, 0.2) is 17.3 Å². The zero-order chi connectivity index (χ0) is 21.7. The Morgan fingerprint density at radius 2 is 1.70 bits per heavy atom. The molecule has 3 aromatic rings. The monoisotopic (exact) mass is 428 g/mol. The zero-order valence-electron chi connectivity index (χ0n) is 15.9. The number of methoxy groups -OCH3 is 1. The summed E-state index contributed by atoms with van der Waals surface area (Å²) in [6, 6.07) is 17.2. The number of hydrogen-bond donors (Lipinski definition) is 2. The van der Waals surface area contributed by atoms with Gasteiger partial charge in [-0.25, -0.2) is 8.96 Å². The van der Waals surface area contributed by atoms with Gasteiger partial charge < -0.3 is 9.26 Å². The van der Waals surface area contributed by atoms with Crippen molar-refractivity contribution >= 4 is 19.7 Å². The second-order valence-electron chi connectivity index (χ2n) is 6.24. The SMILES string of the molecule is COc1ccc(/C=C/C(=O)c2ccccc2-c2ccc(F)cc2)cc1OP(=O)(O)O. The Bertz CT molecular complexity index is 1130. The molecule has 0 heterocycles. The van der Waals surface area contributed by atoms with Crippen molar-refractivity contribution in [1.82, 2.24) is 0 Å². The van der Waals surface area contributed by atoms with Crippen LogP contribution in [0.15, 0.2) is 72.8 Å². The van der Waals surface area contributed by atoms with E-state index < -0.39 is 7.82 Å². The highest BCUT2D eigenvalue weighted by atomic mass is 31.2. The summed E-state index contributed by atoms with van der Waals surface area (Å²) in [5, 5.41) is 0. The first-order valence-corrected chi connectivity index (χ1v) is 10.3. The molecule has 0 saturated carbocycles. The molecule has 0 atom stereocenters. The lowest BCUT2D eigenvalue weighted by molar-refractivity contribution is 0.104. The molecular weight excluding hydrogens is 410 g/mol. The number of phosphoric acid groups is 1. The fraction of sp³-hybridized carbons (Fsp3) is 0.0455. The van der Waals surface area contributed by atoms with E-state index in [1.807, 2.05) is 0 Å². The molecule has 154 valence electrons. The predicted molar refractivity (Wildman–Crippen MR) is 111 cm³/mol. The van der Waals surface area contributed by atoms with Crippen molar-refractivity contribution in [2.75, 3.05) is 7.11 Å². The molecule has 0 aromatic heterocycles. The number of carbonyl (C=O) groups is 1. The molecule has 0 radical (unpaired) electrons. The molecule has 0 aliphatic rings. The number of ether oxygens (including phenoxy) is 1. The van der Waals surface area contributed by atoms with Gasteiger partial charge in [0.1, 0.15) is 5.82 Å². The molecule has 6 nitrogen and oxygen atoms in total. The van der Waals surface area contributed by atoms with Crippen molar-refractivity contribution in [2.24, 2.45) is 0 Å². The number of halogens is 1. The topological polar surface area (TPSA) is 93.1 Å². The number of hydrogen-bond acceptors (Lipinski definition) is 4. The maximum atomic E-state index is 13.2. The number of ketones is 1. The van der Waals surface area contributed by atoms with Crippen molar-refractivity contribution in [3.63, 3.8) is 0 Å². The number of rotatable bonds is 7. The van der Waals surface area contributed by atoms with Crippen molar-refractivity contribution in [1.29, 1.82) is 0 Å². The Hall–Kier alpha value is -3.25. The quantitative estimate of drug-likeness (QED) is 0.317. The van der Waals surface area contributed by atoms with E-state index in [0.29, 0.717) is 22.3 Å². The van der Waals surface area contributed by atoms with E-state index >= 15 is 0 Å². The zero-order valence-corrected chi connectivity index (χ0v) is 16.8. The molecule has 3 rings (SSSR count). The number of benzene rings is 3. The third kappa shape index (κ3) is 5.42. The molecule has 0 aliphatic heterocycles. The largest absolute Gasteiger partial charge is 0.524 e. The van der Waals surface area contributed by atoms with Gasteiger partial charge in [-0.2, -0.15) is 0 Å². The Labute approximate surface area is 172 Å².